The molecule has 0 saturated carbocycles. The summed E-state index contributed by atoms with van der Waals surface area (Å²) in [5.74, 6) is 1.02. The Kier molecular flexibility index (Phi) is 5.96. The molecule has 130 valence electrons. The SMILES string of the molecule is CCCCCN1CN(CCCc2cccnc2)C=C2NC(Cl)N=C21. The van der Waals surface area contributed by atoms with Gasteiger partial charge >= 0.3 is 0 Å². The van der Waals surface area contributed by atoms with Crippen molar-refractivity contribution in [2.45, 2.75) is 44.7 Å². The number of aliphatic imine (C=N–C) groups is 1. The number of nitrogens with one attached hydrogen (secondary N) is 1. The van der Waals surface area contributed by atoms with Gasteiger partial charge in [-0.1, -0.05) is 37.4 Å². The third-order valence-electron chi connectivity index (χ3n) is 4.38. The summed E-state index contributed by atoms with van der Waals surface area (Å²) in [5.41, 5.74) is 2.01. The van der Waals surface area contributed by atoms with E-state index in [0.717, 1.165) is 44.1 Å². The van der Waals surface area contributed by atoms with Gasteiger partial charge in [-0.2, -0.15) is 0 Å². The number of alkyl halides is 1. The maximum atomic E-state index is 6.15. The largest absolute Gasteiger partial charge is 0.358 e. The quantitative estimate of drug-likeness (QED) is 0.446. The first kappa shape index (κ1) is 17.1. The second-order valence-electron chi connectivity index (χ2n) is 6.36. The second-order valence-corrected chi connectivity index (χ2v) is 6.78. The van der Waals surface area contributed by atoms with Gasteiger partial charge in [0.1, 0.15) is 0 Å². The first-order valence-corrected chi connectivity index (χ1v) is 9.28. The lowest BCUT2D eigenvalue weighted by Crippen LogP contribution is -2.45. The van der Waals surface area contributed by atoms with E-state index in [9.17, 15) is 0 Å². The zero-order valence-electron chi connectivity index (χ0n) is 14.3. The Hall–Kier alpha value is -1.75. The normalized spacial score (nSPS) is 19.7. The molecule has 24 heavy (non-hydrogen) atoms. The van der Waals surface area contributed by atoms with Crippen LogP contribution >= 0.6 is 11.6 Å². The molecular formula is C18H26ClN5. The molecule has 2 aliphatic rings. The van der Waals surface area contributed by atoms with Gasteiger partial charge in [-0.3, -0.25) is 4.98 Å². The van der Waals surface area contributed by atoms with Crippen molar-refractivity contribution in [3.8, 4) is 0 Å². The van der Waals surface area contributed by atoms with Crippen LogP contribution in [0.5, 0.6) is 0 Å². The van der Waals surface area contributed by atoms with Crippen LogP contribution in [0.4, 0.5) is 0 Å². The Balaban J connectivity index is 1.57. The third-order valence-corrected chi connectivity index (χ3v) is 4.59. The summed E-state index contributed by atoms with van der Waals surface area (Å²) in [7, 11) is 0. The van der Waals surface area contributed by atoms with E-state index in [1.807, 2.05) is 18.5 Å². The number of unbranched alkanes of at least 4 members (excludes halogenated alkanes) is 2. The molecule has 2 aliphatic heterocycles. The number of amidine groups is 1. The monoisotopic (exact) mass is 347 g/mol. The van der Waals surface area contributed by atoms with Crippen LogP contribution in [0.3, 0.4) is 0 Å². The standard InChI is InChI=1S/C18H26ClN5/c1-2-3-4-11-24-14-23(13-16-17(24)22-18(19)21-16)10-6-8-15-7-5-9-20-12-15/h5,7,9,12-13,18,21H,2-4,6,8,10-11,14H2,1H3. The Morgan fingerprint density at radius 3 is 3.00 bits per heavy atom. The lowest BCUT2D eigenvalue weighted by Gasteiger charge is -2.36. The highest BCUT2D eigenvalue weighted by atomic mass is 35.5. The fourth-order valence-corrected chi connectivity index (χ4v) is 3.37. The predicted octanol–water partition coefficient (Wildman–Crippen LogP) is 3.15. The highest BCUT2D eigenvalue weighted by Crippen LogP contribution is 2.21. The molecule has 1 N–H and O–H groups in total. The van der Waals surface area contributed by atoms with Gasteiger partial charge in [0, 0.05) is 31.7 Å². The van der Waals surface area contributed by atoms with Crippen LogP contribution in [0, 0.1) is 0 Å². The van der Waals surface area contributed by atoms with Crippen molar-refractivity contribution in [2.24, 2.45) is 4.99 Å². The average molecular weight is 348 g/mol. The molecule has 1 unspecified atom stereocenters. The van der Waals surface area contributed by atoms with Crippen LogP contribution in [0.15, 0.2) is 41.4 Å². The zero-order valence-corrected chi connectivity index (χ0v) is 15.0. The number of aromatic nitrogens is 1. The Bertz CT molecular complexity index is 586. The van der Waals surface area contributed by atoms with Crippen molar-refractivity contribution in [2.75, 3.05) is 19.8 Å². The molecule has 0 bridgehead atoms. The number of hydrogen-bond donors (Lipinski definition) is 1. The van der Waals surface area contributed by atoms with Gasteiger partial charge in [-0.05, 0) is 30.9 Å². The number of pyridine rings is 1. The van der Waals surface area contributed by atoms with Crippen molar-refractivity contribution in [1.29, 1.82) is 0 Å². The maximum Gasteiger partial charge on any atom is 0.197 e. The molecule has 0 amide bonds. The summed E-state index contributed by atoms with van der Waals surface area (Å²) in [4.78, 5) is 13.4. The first-order chi connectivity index (χ1) is 11.8. The molecular weight excluding hydrogens is 322 g/mol. The van der Waals surface area contributed by atoms with E-state index >= 15 is 0 Å². The van der Waals surface area contributed by atoms with Gasteiger partial charge in [0.15, 0.2) is 11.5 Å². The topological polar surface area (TPSA) is 43.8 Å². The number of rotatable bonds is 8. The van der Waals surface area contributed by atoms with Crippen molar-refractivity contribution in [3.05, 3.63) is 42.0 Å². The minimum atomic E-state index is -0.338. The summed E-state index contributed by atoms with van der Waals surface area (Å²) in [6.07, 6.45) is 11.8. The first-order valence-electron chi connectivity index (χ1n) is 8.85. The highest BCUT2D eigenvalue weighted by molar-refractivity contribution is 6.22. The number of hydrogen-bond acceptors (Lipinski definition) is 5. The van der Waals surface area contributed by atoms with Gasteiger partial charge in [-0.25, -0.2) is 4.99 Å². The summed E-state index contributed by atoms with van der Waals surface area (Å²) in [6, 6.07) is 4.14. The predicted molar refractivity (Wildman–Crippen MR) is 98.7 cm³/mol. The Labute approximate surface area is 149 Å². The molecule has 5 nitrogen and oxygen atoms in total. The number of fused-ring (bicyclic) bond motifs is 1. The van der Waals surface area contributed by atoms with Gasteiger partial charge in [0.05, 0.1) is 12.4 Å². The number of halogens is 1. The van der Waals surface area contributed by atoms with Crippen LogP contribution in [0.1, 0.15) is 38.2 Å². The molecule has 3 heterocycles. The van der Waals surface area contributed by atoms with Crippen molar-refractivity contribution in [3.63, 3.8) is 0 Å². The van der Waals surface area contributed by atoms with Crippen molar-refractivity contribution in [1.82, 2.24) is 20.1 Å². The van der Waals surface area contributed by atoms with Crippen LogP contribution in [-0.4, -0.2) is 46.0 Å². The van der Waals surface area contributed by atoms with Crippen molar-refractivity contribution < 1.29 is 0 Å². The summed E-state index contributed by atoms with van der Waals surface area (Å²) in [5, 5.41) is 3.24. The van der Waals surface area contributed by atoms with E-state index in [4.69, 9.17) is 11.6 Å². The van der Waals surface area contributed by atoms with Gasteiger partial charge < -0.3 is 15.1 Å². The highest BCUT2D eigenvalue weighted by Gasteiger charge is 2.29. The second kappa shape index (κ2) is 8.38. The van der Waals surface area contributed by atoms with Crippen LogP contribution in [-0.2, 0) is 6.42 Å². The lowest BCUT2D eigenvalue weighted by atomic mass is 10.1. The molecule has 6 heteroatoms. The summed E-state index contributed by atoms with van der Waals surface area (Å²) < 4.78 is 0. The summed E-state index contributed by atoms with van der Waals surface area (Å²) >= 11 is 6.15. The number of aryl methyl sites for hydroxylation is 1. The fraction of sp³-hybridized carbons (Fsp3) is 0.556. The fourth-order valence-electron chi connectivity index (χ4n) is 3.16. The van der Waals surface area contributed by atoms with E-state index in [0.29, 0.717) is 0 Å². The van der Waals surface area contributed by atoms with Crippen LogP contribution in [0.25, 0.3) is 0 Å². The maximum absolute atomic E-state index is 6.15. The molecule has 1 atom stereocenters. The van der Waals surface area contributed by atoms with Crippen LogP contribution < -0.4 is 5.32 Å². The van der Waals surface area contributed by atoms with Gasteiger partial charge in [0.2, 0.25) is 0 Å². The lowest BCUT2D eigenvalue weighted by molar-refractivity contribution is 0.230. The van der Waals surface area contributed by atoms with Crippen molar-refractivity contribution >= 4 is 17.4 Å². The summed E-state index contributed by atoms with van der Waals surface area (Å²) in [6.45, 7) is 5.18. The van der Waals surface area contributed by atoms with Crippen LogP contribution in [0.2, 0.25) is 0 Å². The molecule has 0 saturated heterocycles. The smallest absolute Gasteiger partial charge is 0.197 e. The molecule has 1 aromatic rings. The Morgan fingerprint density at radius 2 is 2.21 bits per heavy atom. The zero-order chi connectivity index (χ0) is 16.8. The number of nitrogens with zero attached hydrogens (tertiary/aromatic N) is 4. The Morgan fingerprint density at radius 1 is 1.29 bits per heavy atom. The van der Waals surface area contributed by atoms with E-state index < -0.39 is 0 Å². The minimum Gasteiger partial charge on any atom is -0.358 e. The average Bonchev–Trinajstić information content (AvgIpc) is 2.96. The molecule has 0 aromatic carbocycles. The van der Waals surface area contributed by atoms with E-state index in [-0.39, 0.29) is 5.62 Å². The molecule has 3 rings (SSSR count). The molecule has 1 aromatic heterocycles. The van der Waals surface area contributed by atoms with Gasteiger partial charge in [-0.15, -0.1) is 0 Å². The minimum absolute atomic E-state index is 0.338. The van der Waals surface area contributed by atoms with E-state index in [1.54, 1.807) is 0 Å². The van der Waals surface area contributed by atoms with Gasteiger partial charge in [0.25, 0.3) is 0 Å². The molecule has 0 spiro atoms. The third kappa shape index (κ3) is 4.41. The van der Waals surface area contributed by atoms with E-state index in [1.165, 1.54) is 24.8 Å². The van der Waals surface area contributed by atoms with E-state index in [2.05, 4.69) is 44.3 Å². The molecule has 0 radical (unpaired) electrons. The molecule has 0 fully saturated rings. The molecule has 0 aliphatic carbocycles.